The molecule has 178 valence electrons. The summed E-state index contributed by atoms with van der Waals surface area (Å²) >= 11 is 0. The largest absolute Gasteiger partial charge is 1.00 e. The molecule has 1 fully saturated rings. The summed E-state index contributed by atoms with van der Waals surface area (Å²) in [5.74, 6) is 0. The van der Waals surface area contributed by atoms with Gasteiger partial charge in [-0.15, -0.1) is 0 Å². The molecule has 1 aliphatic rings. The van der Waals surface area contributed by atoms with E-state index < -0.39 is 72.5 Å². The number of H-pyrrole nitrogens is 1. The molecule has 0 aromatic carbocycles. The van der Waals surface area contributed by atoms with Crippen molar-refractivity contribution in [1.82, 2.24) is 9.55 Å². The fourth-order valence-corrected chi connectivity index (χ4v) is 5.24. The predicted octanol–water partition coefficient (Wildman–Crippen LogP) is -17.5. The Morgan fingerprint density at radius 3 is 2.00 bits per heavy atom. The van der Waals surface area contributed by atoms with Crippen molar-refractivity contribution < 1.29 is 142 Å². The first kappa shape index (κ1) is 40.8. The average molecular weight is 538 g/mol. The van der Waals surface area contributed by atoms with Crippen LogP contribution in [0.5, 0.6) is 0 Å². The number of aromatic nitrogens is 2. The Bertz CT molecular complexity index is 1080. The number of nitrogens with one attached hydrogen (secondary N) is 1. The summed E-state index contributed by atoms with van der Waals surface area (Å²) in [4.78, 5) is 68.3. The molecule has 0 bridgehead atoms. The molecule has 35 heavy (non-hydrogen) atoms. The maximum atomic E-state index is 11.9. The van der Waals surface area contributed by atoms with Crippen LogP contribution in [0.25, 0.3) is 0 Å². The normalized spacial score (nSPS) is 25.0. The second-order valence-electron chi connectivity index (χ2n) is 5.83. The summed E-state index contributed by atoms with van der Waals surface area (Å²) in [5, 5.41) is 29.1. The van der Waals surface area contributed by atoms with Gasteiger partial charge in [0.05, 0.1) is 26.6 Å². The van der Waals surface area contributed by atoms with Crippen molar-refractivity contribution >= 4 is 23.5 Å². The zero-order chi connectivity index (χ0) is 23.8. The number of hydrogen-bond acceptors (Lipinski definition) is 16. The summed E-state index contributed by atoms with van der Waals surface area (Å²) in [7, 11) is -18.3. The van der Waals surface area contributed by atoms with Crippen molar-refractivity contribution in [2.45, 2.75) is 31.1 Å². The standard InChI is InChI=1S/C10H17N2O16P3.4Li/c13-2-4-1-12(10(17)11-8(4)16)9-7(15)6(14)5(26-9)3-25-30(21,22)28-31(23,24)27-29(18,19)20;;;;/h1,5-7,9,13-15H,2-3H2,(H,21,22)(H,23,24)(H,11,16,17)(H2,18,19,20);;;;/q;4*+1/p-4. The van der Waals surface area contributed by atoms with Gasteiger partial charge in [-0.05, 0) is 0 Å². The van der Waals surface area contributed by atoms with Crippen molar-refractivity contribution in [2.24, 2.45) is 0 Å². The number of phosphoric acid groups is 3. The van der Waals surface area contributed by atoms with E-state index in [-0.39, 0.29) is 81.0 Å². The van der Waals surface area contributed by atoms with Gasteiger partial charge >= 0.3 is 81.1 Å². The van der Waals surface area contributed by atoms with E-state index >= 15 is 0 Å². The molecule has 25 heteroatoms. The third-order valence-electron chi connectivity index (χ3n) is 3.62. The topological polar surface area (TPSA) is 296 Å². The zero-order valence-electron chi connectivity index (χ0n) is 18.7. The minimum absolute atomic E-state index is 0. The van der Waals surface area contributed by atoms with Crippen molar-refractivity contribution in [2.75, 3.05) is 6.61 Å². The van der Waals surface area contributed by atoms with E-state index in [4.69, 9.17) is 9.84 Å². The molecule has 0 spiro atoms. The summed E-state index contributed by atoms with van der Waals surface area (Å²) < 4.78 is 49.0. The molecule has 1 aromatic rings. The molecule has 0 radical (unpaired) electrons. The van der Waals surface area contributed by atoms with E-state index in [1.807, 2.05) is 0 Å². The molecule has 6 atom stereocenters. The summed E-state index contributed by atoms with van der Waals surface area (Å²) in [6.07, 6.45) is -6.43. The van der Waals surface area contributed by atoms with Gasteiger partial charge in [0.25, 0.3) is 21.2 Å². The van der Waals surface area contributed by atoms with Crippen LogP contribution in [-0.4, -0.2) is 49.8 Å². The first-order valence-electron chi connectivity index (χ1n) is 7.73. The molecule has 0 amide bonds. The first-order chi connectivity index (χ1) is 14.1. The second-order valence-corrected chi connectivity index (χ2v) is 10.1. The van der Waals surface area contributed by atoms with Gasteiger partial charge in [-0.1, -0.05) is 0 Å². The quantitative estimate of drug-likeness (QED) is 0.168. The van der Waals surface area contributed by atoms with Gasteiger partial charge in [0, 0.05) is 6.20 Å². The van der Waals surface area contributed by atoms with Gasteiger partial charge in [0.2, 0.25) is 0 Å². The van der Waals surface area contributed by atoms with Crippen LogP contribution in [0.1, 0.15) is 11.8 Å². The van der Waals surface area contributed by atoms with E-state index in [1.165, 1.54) is 0 Å². The number of hydrogen-bond donors (Lipinski definition) is 4. The van der Waals surface area contributed by atoms with Crippen LogP contribution in [-0.2, 0) is 38.2 Å². The molecular weight excluding hydrogens is 525 g/mol. The van der Waals surface area contributed by atoms with Crippen LogP contribution in [0.3, 0.4) is 0 Å². The molecule has 1 aliphatic heterocycles. The zero-order valence-corrected chi connectivity index (χ0v) is 21.4. The number of rotatable bonds is 9. The van der Waals surface area contributed by atoms with Gasteiger partial charge in [0.1, 0.15) is 18.3 Å². The number of ether oxygens (including phenoxy) is 1. The molecule has 0 saturated carbocycles. The molecule has 2 rings (SSSR count). The number of phosphoric ester groups is 1. The molecule has 18 nitrogen and oxygen atoms in total. The van der Waals surface area contributed by atoms with E-state index in [1.54, 1.807) is 4.98 Å². The fourth-order valence-electron chi connectivity index (χ4n) is 2.37. The summed E-state index contributed by atoms with van der Waals surface area (Å²) in [6, 6.07) is 0. The predicted molar refractivity (Wildman–Crippen MR) is 84.1 cm³/mol. The monoisotopic (exact) mass is 538 g/mol. The molecular formula is C10H13Li4N2O16P3. The minimum atomic E-state index is -6.20. The summed E-state index contributed by atoms with van der Waals surface area (Å²) in [6.45, 7) is -2.02. The Hall–Kier alpha value is 1.32. The Labute approximate surface area is 243 Å². The Morgan fingerprint density at radius 1 is 0.971 bits per heavy atom. The number of aromatic amines is 1. The fraction of sp³-hybridized carbons (Fsp3) is 0.600. The van der Waals surface area contributed by atoms with E-state index in [0.29, 0.717) is 4.57 Å². The van der Waals surface area contributed by atoms with Crippen molar-refractivity contribution in [1.29, 1.82) is 0 Å². The second kappa shape index (κ2) is 15.8. The Kier molecular flexibility index (Phi) is 18.4. The van der Waals surface area contributed by atoms with Gasteiger partial charge in [-0.2, -0.15) is 0 Å². The van der Waals surface area contributed by atoms with Crippen LogP contribution in [0, 0.1) is 0 Å². The molecule has 6 unspecified atom stereocenters. The van der Waals surface area contributed by atoms with Crippen LogP contribution in [0.15, 0.2) is 15.8 Å². The minimum Gasteiger partial charge on any atom is -0.790 e. The third kappa shape index (κ3) is 11.9. The maximum Gasteiger partial charge on any atom is 1.00 e. The maximum absolute atomic E-state index is 11.9. The molecule has 0 aliphatic carbocycles. The Balaban J connectivity index is -0.00000256. The molecule has 2 heterocycles. The van der Waals surface area contributed by atoms with Crippen LogP contribution in [0.4, 0.5) is 0 Å². The number of nitrogens with zero attached hydrogens (tertiary/aromatic N) is 1. The van der Waals surface area contributed by atoms with Crippen LogP contribution < -0.4 is 106 Å². The smallest absolute Gasteiger partial charge is 0.790 e. The van der Waals surface area contributed by atoms with Gasteiger partial charge in [0.15, 0.2) is 6.23 Å². The first-order valence-corrected chi connectivity index (χ1v) is 12.1. The number of aliphatic hydroxyl groups excluding tert-OH is 3. The van der Waals surface area contributed by atoms with Crippen molar-refractivity contribution in [3.8, 4) is 0 Å². The van der Waals surface area contributed by atoms with Crippen molar-refractivity contribution in [3.05, 3.63) is 32.6 Å². The van der Waals surface area contributed by atoms with Crippen molar-refractivity contribution in [3.63, 3.8) is 0 Å². The Morgan fingerprint density at radius 2 is 1.51 bits per heavy atom. The average Bonchev–Trinajstić information content (AvgIpc) is 2.85. The summed E-state index contributed by atoms with van der Waals surface area (Å²) in [5.41, 5.74) is -2.38. The SMILES string of the molecule is O=c1[nH]c(=O)n(C2OC(COP(=O)([O-])OP(=O)([O-])OP(=O)([O-])[O-])C(O)C2O)cc1CO.[Li+].[Li+].[Li+].[Li+]. The van der Waals surface area contributed by atoms with Gasteiger partial charge in [-0.3, -0.25) is 27.8 Å². The van der Waals surface area contributed by atoms with Crippen LogP contribution >= 0.6 is 23.5 Å². The number of aliphatic hydroxyl groups is 3. The van der Waals surface area contributed by atoms with Gasteiger partial charge in [-0.25, -0.2) is 9.11 Å². The van der Waals surface area contributed by atoms with E-state index in [9.17, 15) is 53.1 Å². The molecule has 1 aromatic heterocycles. The molecule has 1 saturated heterocycles. The van der Waals surface area contributed by atoms with E-state index in [0.717, 1.165) is 6.20 Å². The van der Waals surface area contributed by atoms with E-state index in [2.05, 4.69) is 13.1 Å². The third-order valence-corrected chi connectivity index (χ3v) is 7.29. The molecule has 4 N–H and O–H groups in total. The van der Waals surface area contributed by atoms with Crippen LogP contribution in [0.2, 0.25) is 0 Å². The van der Waals surface area contributed by atoms with Gasteiger partial charge < -0.3 is 48.7 Å².